The summed E-state index contributed by atoms with van der Waals surface area (Å²) in [6, 6.07) is 6.58. The molecule has 1 aromatic rings. The van der Waals surface area contributed by atoms with Crippen molar-refractivity contribution < 1.29 is 23.0 Å². The van der Waals surface area contributed by atoms with Crippen molar-refractivity contribution in [2.75, 3.05) is 33.2 Å². The van der Waals surface area contributed by atoms with Gasteiger partial charge in [-0.25, -0.2) is 0 Å². The molecule has 174 valence electrons. The third-order valence-corrected chi connectivity index (χ3v) is 6.35. The number of alkyl halides is 3. The molecule has 0 bridgehead atoms. The van der Waals surface area contributed by atoms with Gasteiger partial charge in [-0.2, -0.15) is 0 Å². The third kappa shape index (κ3) is 7.16. The van der Waals surface area contributed by atoms with E-state index in [0.717, 1.165) is 44.5 Å². The molecule has 0 radical (unpaired) electrons. The number of benzene rings is 1. The van der Waals surface area contributed by atoms with Gasteiger partial charge in [0.15, 0.2) is 0 Å². The lowest BCUT2D eigenvalue weighted by Crippen LogP contribution is -2.53. The van der Waals surface area contributed by atoms with Crippen LogP contribution in [0.3, 0.4) is 0 Å². The molecule has 0 aromatic heterocycles. The Balaban J connectivity index is 0.00000225. The molecule has 0 spiro atoms. The van der Waals surface area contributed by atoms with Crippen LogP contribution in [0.4, 0.5) is 13.2 Å². The van der Waals surface area contributed by atoms with Gasteiger partial charge in [-0.1, -0.05) is 31.4 Å². The minimum Gasteiger partial charge on any atom is -0.406 e. The summed E-state index contributed by atoms with van der Waals surface area (Å²) in [4.78, 5) is 4.64. The quantitative estimate of drug-likeness (QED) is 0.664. The predicted octanol–water partition coefficient (Wildman–Crippen LogP) is 4.84. The molecule has 0 amide bonds. The number of hydrogen-bond donors (Lipinski definition) is 1. The summed E-state index contributed by atoms with van der Waals surface area (Å²) in [6.07, 6.45) is -0.354. The van der Waals surface area contributed by atoms with E-state index >= 15 is 0 Å². The highest BCUT2D eigenvalue weighted by molar-refractivity contribution is 5.85. The van der Waals surface area contributed by atoms with Crippen molar-refractivity contribution in [1.29, 1.82) is 0 Å². The van der Waals surface area contributed by atoms with Gasteiger partial charge in [-0.3, -0.25) is 4.90 Å². The topological polar surface area (TPSA) is 35.9 Å². The second-order valence-corrected chi connectivity index (χ2v) is 8.43. The molecular formula is C21H33Cl2F3N2O2. The van der Waals surface area contributed by atoms with Gasteiger partial charge in [0.05, 0.1) is 5.60 Å². The summed E-state index contributed by atoms with van der Waals surface area (Å²) >= 11 is 0. The molecule has 30 heavy (non-hydrogen) atoms. The number of piperazine rings is 1. The van der Waals surface area contributed by atoms with Gasteiger partial charge >= 0.3 is 6.36 Å². The van der Waals surface area contributed by atoms with Crippen LogP contribution >= 0.6 is 24.8 Å². The fourth-order valence-electron chi connectivity index (χ4n) is 4.57. The Morgan fingerprint density at radius 2 is 1.83 bits per heavy atom. The second kappa shape index (κ2) is 11.2. The second-order valence-electron chi connectivity index (χ2n) is 8.43. The summed E-state index contributed by atoms with van der Waals surface area (Å²) in [5, 5.41) is 11.5. The van der Waals surface area contributed by atoms with Gasteiger partial charge in [-0.05, 0) is 44.5 Å². The molecule has 9 heteroatoms. The van der Waals surface area contributed by atoms with Crippen molar-refractivity contribution in [2.45, 2.75) is 63.0 Å². The highest BCUT2D eigenvalue weighted by atomic mass is 35.5. The molecule has 2 aliphatic rings. The van der Waals surface area contributed by atoms with E-state index in [1.165, 1.54) is 12.1 Å². The van der Waals surface area contributed by atoms with E-state index in [4.69, 9.17) is 0 Å². The molecular weight excluding hydrogens is 440 g/mol. The van der Waals surface area contributed by atoms with E-state index in [0.29, 0.717) is 25.4 Å². The molecule has 1 saturated heterocycles. The Kier molecular flexibility index (Phi) is 10.2. The third-order valence-electron chi connectivity index (χ3n) is 6.35. The molecule has 0 unspecified atom stereocenters. The van der Waals surface area contributed by atoms with Crippen molar-refractivity contribution in [1.82, 2.24) is 9.80 Å². The highest BCUT2D eigenvalue weighted by Crippen LogP contribution is 2.41. The summed E-state index contributed by atoms with van der Waals surface area (Å²) < 4.78 is 42.1. The normalized spacial score (nSPS) is 23.7. The maximum absolute atomic E-state index is 12.7. The zero-order valence-corrected chi connectivity index (χ0v) is 19.2. The summed E-state index contributed by atoms with van der Waals surface area (Å²) in [7, 11) is 2.10. The Hall–Kier alpha value is -0.730. The Morgan fingerprint density at radius 1 is 1.17 bits per heavy atom. The molecule has 3 rings (SSSR count). The Labute approximate surface area is 189 Å². The molecule has 1 aromatic carbocycles. The minimum atomic E-state index is -4.72. The lowest BCUT2D eigenvalue weighted by atomic mass is 9.72. The van der Waals surface area contributed by atoms with Crippen LogP contribution in [-0.4, -0.2) is 66.1 Å². The number of halogens is 5. The Morgan fingerprint density at radius 3 is 2.43 bits per heavy atom. The first-order chi connectivity index (χ1) is 13.2. The van der Waals surface area contributed by atoms with Gasteiger partial charge in [0.25, 0.3) is 0 Å². The molecule has 4 nitrogen and oxygen atoms in total. The summed E-state index contributed by atoms with van der Waals surface area (Å²) in [5.74, 6) is -0.457. The molecule has 1 aliphatic heterocycles. The number of aliphatic hydroxyl groups is 1. The van der Waals surface area contributed by atoms with Crippen LogP contribution in [0.25, 0.3) is 0 Å². The minimum absolute atomic E-state index is 0. The molecule has 2 atom stereocenters. The smallest absolute Gasteiger partial charge is 0.406 e. The van der Waals surface area contributed by atoms with E-state index in [9.17, 15) is 18.3 Å². The predicted molar refractivity (Wildman–Crippen MR) is 117 cm³/mol. The van der Waals surface area contributed by atoms with Crippen molar-refractivity contribution >= 4 is 24.8 Å². The summed E-state index contributed by atoms with van der Waals surface area (Å²) in [6.45, 7) is 5.55. The molecule has 1 aliphatic carbocycles. The van der Waals surface area contributed by atoms with E-state index in [-0.39, 0.29) is 36.5 Å². The highest BCUT2D eigenvalue weighted by Gasteiger charge is 2.40. The van der Waals surface area contributed by atoms with Crippen LogP contribution in [0.5, 0.6) is 5.75 Å². The number of likely N-dealkylation sites (N-methyl/N-ethyl adjacent to an activating group) is 1. The van der Waals surface area contributed by atoms with E-state index in [1.54, 1.807) is 6.07 Å². The number of nitrogens with zero attached hydrogens (tertiary/aromatic N) is 2. The van der Waals surface area contributed by atoms with Crippen LogP contribution in [0.2, 0.25) is 0 Å². The zero-order valence-electron chi connectivity index (χ0n) is 17.5. The van der Waals surface area contributed by atoms with Crippen LogP contribution in [-0.2, 0) is 0 Å². The molecule has 1 saturated carbocycles. The number of rotatable bonds is 5. The lowest BCUT2D eigenvalue weighted by molar-refractivity contribution is -0.274. The van der Waals surface area contributed by atoms with Crippen LogP contribution < -0.4 is 4.74 Å². The maximum atomic E-state index is 12.7. The average Bonchev–Trinajstić information content (AvgIpc) is 2.62. The van der Waals surface area contributed by atoms with Gasteiger partial charge in [0, 0.05) is 38.1 Å². The number of ether oxygens (including phenoxy) is 1. The molecule has 2 fully saturated rings. The van der Waals surface area contributed by atoms with Gasteiger partial charge in [0.1, 0.15) is 5.75 Å². The van der Waals surface area contributed by atoms with Gasteiger partial charge < -0.3 is 14.7 Å². The molecule has 1 heterocycles. The first-order valence-electron chi connectivity index (χ1n) is 10.2. The van der Waals surface area contributed by atoms with Crippen molar-refractivity contribution in [3.63, 3.8) is 0 Å². The van der Waals surface area contributed by atoms with Crippen LogP contribution in [0, 0.1) is 0 Å². The number of hydrogen-bond acceptors (Lipinski definition) is 4. The average molecular weight is 473 g/mol. The van der Waals surface area contributed by atoms with Crippen molar-refractivity contribution in [3.05, 3.63) is 29.8 Å². The van der Waals surface area contributed by atoms with E-state index < -0.39 is 12.0 Å². The molecule has 1 N–H and O–H groups in total. The SMILES string of the molecule is C[C@H]1CN(C[C@H](c2cccc(OC(F)(F)F)c2)C2(O)CCCCC2)CCN1C.Cl.Cl. The van der Waals surface area contributed by atoms with E-state index in [2.05, 4.69) is 28.5 Å². The van der Waals surface area contributed by atoms with Gasteiger partial charge in [0.2, 0.25) is 0 Å². The fraction of sp³-hybridized carbons (Fsp3) is 0.714. The largest absolute Gasteiger partial charge is 0.573 e. The van der Waals surface area contributed by atoms with Crippen molar-refractivity contribution in [2.24, 2.45) is 0 Å². The zero-order chi connectivity index (χ0) is 20.4. The maximum Gasteiger partial charge on any atom is 0.573 e. The van der Waals surface area contributed by atoms with Crippen LogP contribution in [0.15, 0.2) is 24.3 Å². The summed E-state index contributed by atoms with van der Waals surface area (Å²) in [5.41, 5.74) is -0.167. The van der Waals surface area contributed by atoms with Crippen LogP contribution in [0.1, 0.15) is 50.5 Å². The monoisotopic (exact) mass is 472 g/mol. The first kappa shape index (κ1) is 27.3. The van der Waals surface area contributed by atoms with Crippen molar-refractivity contribution in [3.8, 4) is 5.75 Å². The van der Waals surface area contributed by atoms with Gasteiger partial charge in [-0.15, -0.1) is 38.0 Å². The standard InChI is InChI=1S/C21H31F3N2O2.2ClH/c1-16-14-26(12-11-25(16)2)15-19(20(27)9-4-3-5-10-20)17-7-6-8-18(13-17)28-21(22,23)24;;/h6-8,13,16,19,27H,3-5,9-12,14-15H2,1-2H3;2*1H/t16-,19+;;/m0../s1. The van der Waals surface area contributed by atoms with E-state index in [1.807, 2.05) is 6.07 Å². The first-order valence-corrected chi connectivity index (χ1v) is 10.2. The lowest BCUT2D eigenvalue weighted by Gasteiger charge is -2.44. The Bertz CT molecular complexity index is 657. The fourth-order valence-corrected chi connectivity index (χ4v) is 4.57.